The van der Waals surface area contributed by atoms with E-state index in [4.69, 9.17) is 15.8 Å². The third-order valence-electron chi connectivity index (χ3n) is 2.06. The predicted molar refractivity (Wildman–Crippen MR) is 58.6 cm³/mol. The van der Waals surface area contributed by atoms with Crippen molar-refractivity contribution in [2.75, 3.05) is 5.32 Å². The molecule has 1 N–H and O–H groups in total. The van der Waals surface area contributed by atoms with E-state index in [2.05, 4.69) is 5.32 Å². The van der Waals surface area contributed by atoms with Crippen LogP contribution in [0, 0.1) is 46.7 Å². The van der Waals surface area contributed by atoms with Gasteiger partial charge in [-0.25, -0.2) is 4.39 Å². The van der Waals surface area contributed by atoms with Gasteiger partial charge in [0.15, 0.2) is 5.57 Å². The van der Waals surface area contributed by atoms with Gasteiger partial charge in [0.05, 0.1) is 5.69 Å². The van der Waals surface area contributed by atoms with Crippen LogP contribution in [0.2, 0.25) is 0 Å². The fraction of sp³-hybridized carbons (Fsp3) is 0.0833. The summed E-state index contributed by atoms with van der Waals surface area (Å²) in [5.74, 6) is -0.548. The molecule has 0 unspecified atom stereocenters. The predicted octanol–water partition coefficient (Wildman–Crippen LogP) is 2.37. The zero-order chi connectivity index (χ0) is 12.8. The number of para-hydroxylation sites is 1. The first kappa shape index (κ1) is 12.2. The van der Waals surface area contributed by atoms with E-state index in [1.807, 2.05) is 0 Å². The standard InChI is InChI=1S/C12H7FN4/c1-8-3-2-4-10(13)12(8)17-11(7-16)9(5-14)6-15/h2-4,17H,1H3. The second-order valence-electron chi connectivity index (χ2n) is 3.14. The Labute approximate surface area is 97.8 Å². The minimum Gasteiger partial charge on any atom is -0.343 e. The van der Waals surface area contributed by atoms with E-state index in [1.165, 1.54) is 12.1 Å². The highest BCUT2D eigenvalue weighted by Gasteiger charge is 2.10. The number of nitrogens with zero attached hydrogens (tertiary/aromatic N) is 3. The normalized spacial score (nSPS) is 8.41. The molecule has 0 fully saturated rings. The number of benzene rings is 1. The van der Waals surface area contributed by atoms with E-state index in [1.54, 1.807) is 31.2 Å². The van der Waals surface area contributed by atoms with Crippen LogP contribution < -0.4 is 5.32 Å². The molecule has 82 valence electrons. The van der Waals surface area contributed by atoms with Gasteiger partial charge >= 0.3 is 0 Å². The average molecular weight is 226 g/mol. The summed E-state index contributed by atoms with van der Waals surface area (Å²) >= 11 is 0. The average Bonchev–Trinajstić information content (AvgIpc) is 2.33. The minimum absolute atomic E-state index is 0.0899. The second-order valence-corrected chi connectivity index (χ2v) is 3.14. The van der Waals surface area contributed by atoms with Crippen LogP contribution in [0.25, 0.3) is 0 Å². The maximum atomic E-state index is 13.5. The van der Waals surface area contributed by atoms with E-state index >= 15 is 0 Å². The number of hydrogen-bond donors (Lipinski definition) is 1. The van der Waals surface area contributed by atoms with Crippen LogP contribution in [0.4, 0.5) is 10.1 Å². The Bertz CT molecular complexity index is 560. The van der Waals surface area contributed by atoms with Crippen molar-refractivity contribution in [2.45, 2.75) is 6.92 Å². The zero-order valence-electron chi connectivity index (χ0n) is 8.95. The molecule has 0 atom stereocenters. The fourth-order valence-corrected chi connectivity index (χ4v) is 1.20. The monoisotopic (exact) mass is 226 g/mol. The van der Waals surface area contributed by atoms with Crippen LogP contribution in [-0.2, 0) is 0 Å². The largest absolute Gasteiger partial charge is 0.343 e. The van der Waals surface area contributed by atoms with Gasteiger partial charge in [0, 0.05) is 0 Å². The Balaban J connectivity index is 3.25. The topological polar surface area (TPSA) is 83.4 Å². The van der Waals surface area contributed by atoms with Crippen LogP contribution in [0.3, 0.4) is 0 Å². The Morgan fingerprint density at radius 3 is 2.29 bits per heavy atom. The lowest BCUT2D eigenvalue weighted by atomic mass is 10.1. The van der Waals surface area contributed by atoms with Crippen molar-refractivity contribution in [3.63, 3.8) is 0 Å². The molecule has 0 amide bonds. The van der Waals surface area contributed by atoms with E-state index < -0.39 is 5.82 Å². The molecular formula is C12H7FN4. The third-order valence-corrected chi connectivity index (χ3v) is 2.06. The van der Waals surface area contributed by atoms with Gasteiger partial charge in [-0.1, -0.05) is 12.1 Å². The number of allylic oxidation sites excluding steroid dienone is 2. The third kappa shape index (κ3) is 2.59. The molecule has 0 spiro atoms. The van der Waals surface area contributed by atoms with Crippen molar-refractivity contribution >= 4 is 5.69 Å². The Morgan fingerprint density at radius 1 is 1.18 bits per heavy atom. The lowest BCUT2D eigenvalue weighted by Gasteiger charge is -2.08. The molecule has 0 aliphatic rings. The Hall–Kier alpha value is -2.84. The molecule has 0 aromatic heterocycles. The number of aryl methyl sites for hydroxylation is 1. The molecule has 1 aromatic rings. The molecule has 17 heavy (non-hydrogen) atoms. The summed E-state index contributed by atoms with van der Waals surface area (Å²) in [4.78, 5) is 0. The first-order valence-corrected chi connectivity index (χ1v) is 4.60. The number of anilines is 1. The van der Waals surface area contributed by atoms with Gasteiger partial charge in [-0.15, -0.1) is 0 Å². The zero-order valence-corrected chi connectivity index (χ0v) is 8.95. The molecular weight excluding hydrogens is 219 g/mol. The quantitative estimate of drug-likeness (QED) is 0.784. The van der Waals surface area contributed by atoms with Gasteiger partial charge in [-0.05, 0) is 18.6 Å². The molecule has 0 aliphatic heterocycles. The molecule has 1 aromatic carbocycles. The SMILES string of the molecule is Cc1cccc(F)c1NC(C#N)=C(C#N)C#N. The van der Waals surface area contributed by atoms with Crippen LogP contribution in [-0.4, -0.2) is 0 Å². The lowest BCUT2D eigenvalue weighted by molar-refractivity contribution is 0.630. The van der Waals surface area contributed by atoms with Crippen molar-refractivity contribution in [2.24, 2.45) is 0 Å². The molecule has 0 radical (unpaired) electrons. The highest BCUT2D eigenvalue weighted by molar-refractivity contribution is 5.61. The number of nitrogens with one attached hydrogen (secondary N) is 1. The number of nitriles is 3. The van der Waals surface area contributed by atoms with Crippen molar-refractivity contribution in [3.8, 4) is 18.2 Å². The molecule has 0 heterocycles. The Morgan fingerprint density at radius 2 is 1.82 bits per heavy atom. The fourth-order valence-electron chi connectivity index (χ4n) is 1.20. The molecule has 4 nitrogen and oxygen atoms in total. The molecule has 1 rings (SSSR count). The summed E-state index contributed by atoms with van der Waals surface area (Å²) in [6.45, 7) is 1.65. The van der Waals surface area contributed by atoms with Crippen molar-refractivity contribution < 1.29 is 4.39 Å². The smallest absolute Gasteiger partial charge is 0.163 e. The summed E-state index contributed by atoms with van der Waals surface area (Å²) in [5, 5.41) is 28.5. The van der Waals surface area contributed by atoms with E-state index in [0.29, 0.717) is 5.56 Å². The maximum Gasteiger partial charge on any atom is 0.163 e. The van der Waals surface area contributed by atoms with Crippen molar-refractivity contribution in [1.29, 1.82) is 15.8 Å². The highest BCUT2D eigenvalue weighted by Crippen LogP contribution is 2.21. The van der Waals surface area contributed by atoms with Gasteiger partial charge in [0.2, 0.25) is 0 Å². The van der Waals surface area contributed by atoms with Crippen LogP contribution in [0.15, 0.2) is 29.5 Å². The van der Waals surface area contributed by atoms with E-state index in [0.717, 1.165) is 0 Å². The molecule has 5 heteroatoms. The highest BCUT2D eigenvalue weighted by atomic mass is 19.1. The van der Waals surface area contributed by atoms with Gasteiger partial charge in [0.25, 0.3) is 0 Å². The van der Waals surface area contributed by atoms with Crippen LogP contribution in [0.1, 0.15) is 5.56 Å². The van der Waals surface area contributed by atoms with Gasteiger partial charge in [-0.2, -0.15) is 15.8 Å². The summed E-state index contributed by atoms with van der Waals surface area (Å²) in [6.07, 6.45) is 0. The number of rotatable bonds is 2. The maximum absolute atomic E-state index is 13.5. The molecule has 0 aliphatic carbocycles. The van der Waals surface area contributed by atoms with Crippen LogP contribution in [0.5, 0.6) is 0 Å². The Kier molecular flexibility index (Phi) is 3.81. The van der Waals surface area contributed by atoms with Gasteiger partial charge in [-0.3, -0.25) is 0 Å². The summed E-state index contributed by atoms with van der Waals surface area (Å²) in [5.41, 5.74) is 0.0263. The number of halogens is 1. The summed E-state index contributed by atoms with van der Waals surface area (Å²) < 4.78 is 13.5. The lowest BCUT2D eigenvalue weighted by Crippen LogP contribution is -2.04. The van der Waals surface area contributed by atoms with E-state index in [9.17, 15) is 4.39 Å². The summed E-state index contributed by atoms with van der Waals surface area (Å²) in [6, 6.07) is 9.22. The van der Waals surface area contributed by atoms with Gasteiger partial charge < -0.3 is 5.32 Å². The first-order chi connectivity index (χ1) is 8.13. The van der Waals surface area contributed by atoms with Crippen molar-refractivity contribution in [1.82, 2.24) is 0 Å². The molecule has 0 bridgehead atoms. The number of hydrogen-bond acceptors (Lipinski definition) is 4. The van der Waals surface area contributed by atoms with E-state index in [-0.39, 0.29) is 17.0 Å². The van der Waals surface area contributed by atoms with Crippen molar-refractivity contribution in [3.05, 3.63) is 40.8 Å². The summed E-state index contributed by atoms with van der Waals surface area (Å²) in [7, 11) is 0. The molecule has 0 saturated carbocycles. The first-order valence-electron chi connectivity index (χ1n) is 4.60. The molecule has 0 saturated heterocycles. The second kappa shape index (κ2) is 5.30. The van der Waals surface area contributed by atoms with Gasteiger partial charge in [0.1, 0.15) is 29.7 Å². The van der Waals surface area contributed by atoms with Crippen LogP contribution >= 0.6 is 0 Å². The minimum atomic E-state index is -0.548.